The van der Waals surface area contributed by atoms with Crippen molar-refractivity contribution < 1.29 is 0 Å². The van der Waals surface area contributed by atoms with Gasteiger partial charge in [-0.3, -0.25) is 0 Å². The van der Waals surface area contributed by atoms with Crippen LogP contribution in [0.4, 0.5) is 17.1 Å². The van der Waals surface area contributed by atoms with Gasteiger partial charge in [-0.15, -0.1) is 22.7 Å². The minimum Gasteiger partial charge on any atom is -0.310 e. The van der Waals surface area contributed by atoms with Crippen molar-refractivity contribution in [2.45, 2.75) is 19.3 Å². The zero-order valence-corrected chi connectivity index (χ0v) is 25.0. The highest BCUT2D eigenvalue weighted by Crippen LogP contribution is 2.53. The second kappa shape index (κ2) is 8.78. The van der Waals surface area contributed by atoms with E-state index in [4.69, 9.17) is 0 Å². The first-order chi connectivity index (χ1) is 20.6. The largest absolute Gasteiger partial charge is 0.310 e. The monoisotopic (exact) mass is 573 g/mol. The first kappa shape index (κ1) is 24.2. The number of anilines is 3. The summed E-state index contributed by atoms with van der Waals surface area (Å²) in [6, 6.07) is 47.5. The summed E-state index contributed by atoms with van der Waals surface area (Å²) in [4.78, 5) is 2.47. The lowest BCUT2D eigenvalue weighted by atomic mass is 9.73. The molecule has 0 spiro atoms. The van der Waals surface area contributed by atoms with Crippen LogP contribution in [0.5, 0.6) is 0 Å². The predicted molar refractivity (Wildman–Crippen MR) is 184 cm³/mol. The fourth-order valence-electron chi connectivity index (χ4n) is 6.92. The Balaban J connectivity index is 1.25. The molecular formula is C39H27NS2. The summed E-state index contributed by atoms with van der Waals surface area (Å²) >= 11 is 3.75. The number of rotatable bonds is 2. The van der Waals surface area contributed by atoms with Crippen LogP contribution in [0.1, 0.15) is 25.0 Å². The van der Waals surface area contributed by atoms with E-state index in [1.165, 1.54) is 79.7 Å². The minimum absolute atomic E-state index is 0.142. The number of nitrogens with zero attached hydrogens (tertiary/aromatic N) is 1. The van der Waals surface area contributed by atoms with E-state index in [0.717, 1.165) is 0 Å². The lowest BCUT2D eigenvalue weighted by Crippen LogP contribution is -2.30. The van der Waals surface area contributed by atoms with Crippen molar-refractivity contribution in [1.82, 2.24) is 0 Å². The number of fused-ring (bicyclic) bond motifs is 8. The van der Waals surface area contributed by atoms with Crippen LogP contribution in [0.2, 0.25) is 0 Å². The van der Waals surface area contributed by atoms with Crippen LogP contribution >= 0.6 is 22.7 Å². The molecule has 3 heteroatoms. The Labute approximate surface area is 252 Å². The lowest BCUT2D eigenvalue weighted by Gasteiger charge is -2.42. The van der Waals surface area contributed by atoms with Gasteiger partial charge in [0, 0.05) is 51.4 Å². The zero-order chi connectivity index (χ0) is 28.0. The first-order valence-corrected chi connectivity index (χ1v) is 16.1. The highest BCUT2D eigenvalue weighted by Gasteiger charge is 2.37. The molecule has 0 fully saturated rings. The molecule has 0 radical (unpaired) electrons. The molecule has 1 aliphatic rings. The summed E-state index contributed by atoms with van der Waals surface area (Å²) in [5.74, 6) is 0. The molecule has 1 nitrogen and oxygen atoms in total. The van der Waals surface area contributed by atoms with Crippen molar-refractivity contribution in [3.8, 4) is 11.1 Å². The molecule has 8 aromatic rings. The van der Waals surface area contributed by atoms with E-state index >= 15 is 0 Å². The maximum atomic E-state index is 2.47. The van der Waals surface area contributed by atoms with E-state index in [1.54, 1.807) is 0 Å². The van der Waals surface area contributed by atoms with Crippen LogP contribution in [-0.4, -0.2) is 0 Å². The molecule has 0 unspecified atom stereocenters. The van der Waals surface area contributed by atoms with Crippen molar-refractivity contribution in [3.63, 3.8) is 0 Å². The van der Waals surface area contributed by atoms with Gasteiger partial charge in [-0.1, -0.05) is 80.6 Å². The molecule has 0 N–H and O–H groups in total. The third-order valence-corrected chi connectivity index (χ3v) is 11.4. The molecular weight excluding hydrogens is 547 g/mol. The molecule has 42 heavy (non-hydrogen) atoms. The number of hydrogen-bond donors (Lipinski definition) is 0. The maximum absolute atomic E-state index is 2.47. The zero-order valence-electron chi connectivity index (χ0n) is 23.4. The second-order valence-corrected chi connectivity index (χ2v) is 14.0. The van der Waals surface area contributed by atoms with Gasteiger partial charge in [-0.2, -0.15) is 0 Å². The number of para-hydroxylation sites is 1. The van der Waals surface area contributed by atoms with E-state index in [1.807, 2.05) is 22.7 Å². The quantitative estimate of drug-likeness (QED) is 0.199. The maximum Gasteiger partial charge on any atom is 0.0503 e. The summed E-state index contributed by atoms with van der Waals surface area (Å²) in [5, 5.41) is 5.34. The van der Waals surface area contributed by atoms with Crippen molar-refractivity contribution in [2.24, 2.45) is 0 Å². The summed E-state index contributed by atoms with van der Waals surface area (Å²) in [6.07, 6.45) is 0. The summed E-state index contributed by atoms with van der Waals surface area (Å²) < 4.78 is 5.36. The smallest absolute Gasteiger partial charge is 0.0503 e. The molecule has 0 amide bonds. The van der Waals surface area contributed by atoms with E-state index in [2.05, 4.69) is 146 Å². The van der Waals surface area contributed by atoms with Crippen LogP contribution in [0.25, 0.3) is 51.5 Å². The fraction of sp³-hybridized carbons (Fsp3) is 0.0769. The van der Waals surface area contributed by atoms with Gasteiger partial charge in [-0.05, 0) is 82.9 Å². The topological polar surface area (TPSA) is 3.24 Å². The third kappa shape index (κ3) is 3.41. The van der Waals surface area contributed by atoms with Crippen LogP contribution in [0, 0.1) is 0 Å². The molecule has 6 aromatic carbocycles. The molecule has 1 aliphatic heterocycles. The fourth-order valence-corrected chi connectivity index (χ4v) is 9.09. The third-order valence-electron chi connectivity index (χ3n) is 9.06. The Bertz CT molecular complexity index is 2350. The lowest BCUT2D eigenvalue weighted by molar-refractivity contribution is 0.632. The van der Waals surface area contributed by atoms with Crippen molar-refractivity contribution in [1.29, 1.82) is 0 Å². The van der Waals surface area contributed by atoms with Crippen LogP contribution < -0.4 is 4.90 Å². The number of benzene rings is 6. The Morgan fingerprint density at radius 1 is 0.452 bits per heavy atom. The minimum atomic E-state index is -0.142. The van der Waals surface area contributed by atoms with Crippen molar-refractivity contribution >= 4 is 80.1 Å². The number of hydrogen-bond acceptors (Lipinski definition) is 3. The van der Waals surface area contributed by atoms with Gasteiger partial charge in [0.2, 0.25) is 0 Å². The molecule has 0 bridgehead atoms. The summed E-state index contributed by atoms with van der Waals surface area (Å²) in [5.41, 5.74) is 8.80. The molecule has 2 aromatic heterocycles. The molecule has 3 heterocycles. The van der Waals surface area contributed by atoms with E-state index in [-0.39, 0.29) is 5.41 Å². The van der Waals surface area contributed by atoms with Crippen LogP contribution in [0.15, 0.2) is 127 Å². The van der Waals surface area contributed by atoms with E-state index in [9.17, 15) is 0 Å². The SMILES string of the molecule is CC1(C)c2ccccc2N(c2ccc3sc4ccccc4c3c2)c2ccc(-c3ccc4sc5ccccc5c4c3)cc21. The Kier molecular flexibility index (Phi) is 5.06. The molecule has 9 rings (SSSR count). The predicted octanol–water partition coefficient (Wildman–Crippen LogP) is 12.2. The van der Waals surface area contributed by atoms with Gasteiger partial charge in [0.1, 0.15) is 0 Å². The average Bonchev–Trinajstić information content (AvgIpc) is 3.59. The van der Waals surface area contributed by atoms with Gasteiger partial charge in [0.15, 0.2) is 0 Å². The van der Waals surface area contributed by atoms with E-state index in [0.29, 0.717) is 0 Å². The van der Waals surface area contributed by atoms with Gasteiger partial charge < -0.3 is 4.90 Å². The normalized spacial score (nSPS) is 14.1. The van der Waals surface area contributed by atoms with Gasteiger partial charge >= 0.3 is 0 Å². The Hall–Kier alpha value is -4.44. The van der Waals surface area contributed by atoms with Gasteiger partial charge in [0.05, 0.1) is 11.4 Å². The summed E-state index contributed by atoms with van der Waals surface area (Å²) in [6.45, 7) is 4.74. The molecule has 0 saturated carbocycles. The molecule has 0 aliphatic carbocycles. The highest BCUT2D eigenvalue weighted by molar-refractivity contribution is 7.26. The first-order valence-electron chi connectivity index (χ1n) is 14.4. The Morgan fingerprint density at radius 3 is 1.76 bits per heavy atom. The number of thiophene rings is 2. The van der Waals surface area contributed by atoms with Gasteiger partial charge in [-0.25, -0.2) is 0 Å². The molecule has 0 saturated heterocycles. The van der Waals surface area contributed by atoms with Gasteiger partial charge in [0.25, 0.3) is 0 Å². The molecule has 0 atom stereocenters. The highest BCUT2D eigenvalue weighted by atomic mass is 32.1. The summed E-state index contributed by atoms with van der Waals surface area (Å²) in [7, 11) is 0. The Morgan fingerprint density at radius 2 is 1.00 bits per heavy atom. The standard InChI is InChI=1S/C39H27NS2/c1-39(2)31-11-5-6-12-33(31)40(26-17-20-38-30(23-26)28-10-4-8-14-36(28)42-38)34-18-15-25(22-32(34)39)24-16-19-37-29(21-24)27-9-3-7-13-35(27)41-37/h3-23H,1-2H3. The second-order valence-electron chi connectivity index (χ2n) is 11.8. The van der Waals surface area contributed by atoms with Crippen molar-refractivity contribution in [2.75, 3.05) is 4.90 Å². The van der Waals surface area contributed by atoms with Crippen molar-refractivity contribution in [3.05, 3.63) is 139 Å². The van der Waals surface area contributed by atoms with E-state index < -0.39 is 0 Å². The van der Waals surface area contributed by atoms with Crippen LogP contribution in [0.3, 0.4) is 0 Å². The van der Waals surface area contributed by atoms with Crippen LogP contribution in [-0.2, 0) is 5.41 Å². The average molecular weight is 574 g/mol. The molecule has 200 valence electrons.